The molecule has 0 saturated carbocycles. The number of aryl methyl sites for hydroxylation is 2. The van der Waals surface area contributed by atoms with Gasteiger partial charge in [-0.2, -0.15) is 4.98 Å². The first-order chi connectivity index (χ1) is 10.5. The third-order valence-corrected chi connectivity index (χ3v) is 4.27. The van der Waals surface area contributed by atoms with Crippen molar-refractivity contribution in [3.05, 3.63) is 41.0 Å². The number of carbonyl (C=O) groups is 1. The van der Waals surface area contributed by atoms with Crippen LogP contribution in [0.5, 0.6) is 0 Å². The van der Waals surface area contributed by atoms with Crippen molar-refractivity contribution < 1.29 is 15.2 Å². The molecule has 0 bridgehead atoms. The molecule has 3 aromatic rings. The molecule has 2 aromatic heterocycles. The number of carbonyl (C=O) groups excluding carboxylic acids is 1. The van der Waals surface area contributed by atoms with Gasteiger partial charge in [0.25, 0.3) is 0 Å². The van der Waals surface area contributed by atoms with Crippen LogP contribution in [0.3, 0.4) is 0 Å². The number of nitrogens with two attached hydrogens (primary N) is 1. The summed E-state index contributed by atoms with van der Waals surface area (Å²) in [6.45, 7) is 3.69. The number of fused-ring (bicyclic) bond motifs is 1. The number of aromatic nitrogens is 2. The molecule has 0 aliphatic rings. The van der Waals surface area contributed by atoms with Crippen molar-refractivity contribution in [3.8, 4) is 11.1 Å². The number of quaternary nitrogens is 1. The molecule has 5 nitrogen and oxygen atoms in total. The fourth-order valence-electron chi connectivity index (χ4n) is 2.35. The lowest BCUT2D eigenvalue weighted by Crippen LogP contribution is -2.81. The van der Waals surface area contributed by atoms with Crippen LogP contribution >= 0.6 is 11.3 Å². The number of nitrogens with zero attached hydrogens (tertiary/aromatic N) is 2. The maximum atomic E-state index is 10.7. The monoisotopic (exact) mass is 313 g/mol. The first-order valence-corrected chi connectivity index (χ1v) is 7.78. The molecule has 2 heterocycles. The predicted octanol–water partition coefficient (Wildman–Crippen LogP) is 0.920. The Labute approximate surface area is 131 Å². The van der Waals surface area contributed by atoms with E-state index in [0.717, 1.165) is 21.3 Å². The Balaban J connectivity index is 2.15. The molecule has 0 aliphatic heterocycles. The second kappa shape index (κ2) is 5.82. The van der Waals surface area contributed by atoms with Gasteiger partial charge in [0.2, 0.25) is 5.82 Å². The highest BCUT2D eigenvalue weighted by molar-refractivity contribution is 7.17. The quantitative estimate of drug-likeness (QED) is 0.776. The molecule has 0 amide bonds. The summed E-state index contributed by atoms with van der Waals surface area (Å²) in [5.41, 5.74) is 3.30. The number of rotatable bonds is 4. The van der Waals surface area contributed by atoms with Crippen LogP contribution in [0.1, 0.15) is 11.4 Å². The number of hydrogen-bond donors (Lipinski definition) is 1. The Morgan fingerprint density at radius 1 is 1.23 bits per heavy atom. The third-order valence-electron chi connectivity index (χ3n) is 3.40. The van der Waals surface area contributed by atoms with Crippen LogP contribution in [0, 0.1) is 13.8 Å². The van der Waals surface area contributed by atoms with Gasteiger partial charge in [-0.3, -0.25) is 5.32 Å². The standard InChI is InChI=1S/C16H15N3O2S/c1-9-3-5-11(6-4-9)12-8-22-16-14(12)15(17-7-13(20)21)18-10(2)19-16/h3-6,8H,7H2,1-2H3,(H,20,21)(H,17,18,19). The van der Waals surface area contributed by atoms with Crippen molar-refractivity contribution in [1.29, 1.82) is 0 Å². The van der Waals surface area contributed by atoms with Crippen LogP contribution in [0.4, 0.5) is 5.82 Å². The van der Waals surface area contributed by atoms with Crippen molar-refractivity contribution in [1.82, 2.24) is 9.97 Å². The number of benzene rings is 1. The lowest BCUT2D eigenvalue weighted by Gasteiger charge is -2.06. The molecule has 0 aliphatic carbocycles. The number of hydrogen-bond acceptors (Lipinski definition) is 5. The van der Waals surface area contributed by atoms with Crippen LogP contribution in [0.15, 0.2) is 29.6 Å². The second-order valence-electron chi connectivity index (χ2n) is 5.13. The van der Waals surface area contributed by atoms with E-state index in [0.29, 0.717) is 11.6 Å². The van der Waals surface area contributed by atoms with Crippen molar-refractivity contribution in [2.24, 2.45) is 0 Å². The molecule has 112 valence electrons. The van der Waals surface area contributed by atoms with Gasteiger partial charge in [-0.05, 0) is 19.4 Å². The van der Waals surface area contributed by atoms with Crippen LogP contribution in [0.25, 0.3) is 21.3 Å². The molecule has 1 aromatic carbocycles. The van der Waals surface area contributed by atoms with E-state index in [1.807, 2.05) is 12.3 Å². The summed E-state index contributed by atoms with van der Waals surface area (Å²) in [4.78, 5) is 20.5. The highest BCUT2D eigenvalue weighted by Crippen LogP contribution is 2.35. The van der Waals surface area contributed by atoms with Gasteiger partial charge in [0.1, 0.15) is 22.6 Å². The molecular weight excluding hydrogens is 298 g/mol. The van der Waals surface area contributed by atoms with Crippen LogP contribution < -0.4 is 10.4 Å². The van der Waals surface area contributed by atoms with E-state index >= 15 is 0 Å². The Hall–Kier alpha value is -2.31. The smallest absolute Gasteiger partial charge is 0.237 e. The van der Waals surface area contributed by atoms with Crippen LogP contribution in [-0.2, 0) is 4.79 Å². The molecule has 6 heteroatoms. The van der Waals surface area contributed by atoms with Gasteiger partial charge >= 0.3 is 0 Å². The van der Waals surface area contributed by atoms with Crippen molar-refractivity contribution in [2.75, 3.05) is 6.54 Å². The molecule has 2 N–H and O–H groups in total. The van der Waals surface area contributed by atoms with Gasteiger partial charge in [-0.15, -0.1) is 11.3 Å². The van der Waals surface area contributed by atoms with Crippen LogP contribution in [0.2, 0.25) is 0 Å². The molecular formula is C16H15N3O2S. The SMILES string of the molecule is Cc1ccc(-c2csc3nc(C)nc([NH2+]CC(=O)[O-])c23)cc1. The highest BCUT2D eigenvalue weighted by Gasteiger charge is 2.17. The summed E-state index contributed by atoms with van der Waals surface area (Å²) >= 11 is 1.54. The van der Waals surface area contributed by atoms with Gasteiger partial charge in [-0.25, -0.2) is 4.98 Å². The molecule has 0 spiro atoms. The largest absolute Gasteiger partial charge is 0.544 e. The Morgan fingerprint density at radius 3 is 2.64 bits per heavy atom. The minimum atomic E-state index is -1.11. The van der Waals surface area contributed by atoms with E-state index in [4.69, 9.17) is 0 Å². The van der Waals surface area contributed by atoms with E-state index in [1.54, 1.807) is 23.6 Å². The fourth-order valence-corrected chi connectivity index (χ4v) is 3.35. The summed E-state index contributed by atoms with van der Waals surface area (Å²) in [5.74, 6) is 0.175. The second-order valence-corrected chi connectivity index (χ2v) is 5.99. The zero-order valence-corrected chi connectivity index (χ0v) is 13.1. The minimum absolute atomic E-state index is 0.158. The predicted molar refractivity (Wildman–Crippen MR) is 83.8 cm³/mol. The molecule has 0 atom stereocenters. The first-order valence-electron chi connectivity index (χ1n) is 6.90. The van der Waals surface area contributed by atoms with Gasteiger partial charge in [0, 0.05) is 10.9 Å². The molecule has 0 fully saturated rings. The Morgan fingerprint density at radius 2 is 1.95 bits per heavy atom. The fraction of sp³-hybridized carbons (Fsp3) is 0.188. The van der Waals surface area contributed by atoms with Gasteiger partial charge in [0.05, 0.1) is 5.97 Å². The maximum Gasteiger partial charge on any atom is 0.237 e. The van der Waals surface area contributed by atoms with E-state index in [9.17, 15) is 9.90 Å². The van der Waals surface area contributed by atoms with Gasteiger partial charge < -0.3 is 9.90 Å². The Bertz CT molecular complexity index is 840. The summed E-state index contributed by atoms with van der Waals surface area (Å²) < 4.78 is 0. The average Bonchev–Trinajstić information content (AvgIpc) is 2.89. The van der Waals surface area contributed by atoms with Gasteiger partial charge in [0.15, 0.2) is 0 Å². The number of carboxylic acids is 1. The average molecular weight is 313 g/mol. The van der Waals surface area contributed by atoms with Crippen LogP contribution in [-0.4, -0.2) is 22.5 Å². The van der Waals surface area contributed by atoms with E-state index < -0.39 is 5.97 Å². The summed E-state index contributed by atoms with van der Waals surface area (Å²) in [6, 6.07) is 8.22. The lowest BCUT2D eigenvalue weighted by molar-refractivity contribution is -0.571. The van der Waals surface area contributed by atoms with Crippen molar-refractivity contribution in [2.45, 2.75) is 13.8 Å². The topological polar surface area (TPSA) is 82.5 Å². The molecule has 0 unspecified atom stereocenters. The Kier molecular flexibility index (Phi) is 3.87. The number of thiophene rings is 1. The van der Waals surface area contributed by atoms with E-state index in [2.05, 4.69) is 34.2 Å². The number of aliphatic carboxylic acids is 1. The zero-order chi connectivity index (χ0) is 15.7. The molecule has 22 heavy (non-hydrogen) atoms. The van der Waals surface area contributed by atoms with E-state index in [1.165, 1.54) is 5.56 Å². The zero-order valence-electron chi connectivity index (χ0n) is 12.3. The van der Waals surface area contributed by atoms with E-state index in [-0.39, 0.29) is 6.54 Å². The lowest BCUT2D eigenvalue weighted by atomic mass is 10.0. The first kappa shape index (κ1) is 14.6. The minimum Gasteiger partial charge on any atom is -0.544 e. The highest BCUT2D eigenvalue weighted by atomic mass is 32.1. The van der Waals surface area contributed by atoms with Gasteiger partial charge in [-0.1, -0.05) is 29.8 Å². The summed E-state index contributed by atoms with van der Waals surface area (Å²) in [7, 11) is 0. The van der Waals surface area contributed by atoms with Crippen molar-refractivity contribution in [3.63, 3.8) is 0 Å². The summed E-state index contributed by atoms with van der Waals surface area (Å²) in [6.07, 6.45) is 0. The maximum absolute atomic E-state index is 10.7. The summed E-state index contributed by atoms with van der Waals surface area (Å²) in [5, 5.41) is 15.3. The third kappa shape index (κ3) is 2.84. The normalized spacial score (nSPS) is 11.0. The molecule has 3 rings (SSSR count). The number of carboxylic acid groups (broad SMARTS) is 1. The molecule has 0 saturated heterocycles. The molecule has 0 radical (unpaired) electrons. The van der Waals surface area contributed by atoms with Crippen molar-refractivity contribution >= 4 is 33.3 Å².